The molecule has 0 aliphatic rings. The highest BCUT2D eigenvalue weighted by Crippen LogP contribution is 2.06. The maximum Gasteiger partial charge on any atom is 0.251 e. The molecule has 0 aromatic heterocycles. The van der Waals surface area contributed by atoms with Gasteiger partial charge < -0.3 is 31.1 Å². The molecule has 0 heterocycles. The first-order valence-corrected chi connectivity index (χ1v) is 5.86. The highest BCUT2D eigenvalue weighted by molar-refractivity contribution is 5.83. The molecule has 0 aliphatic carbocycles. The zero-order valence-corrected chi connectivity index (χ0v) is 10.9. The summed E-state index contributed by atoms with van der Waals surface area (Å²) in [6.45, 7) is 6.80. The van der Waals surface area contributed by atoms with Crippen LogP contribution in [0, 0.1) is 0 Å². The van der Waals surface area contributed by atoms with E-state index in [1.54, 1.807) is 0 Å². The summed E-state index contributed by atoms with van der Waals surface area (Å²) in [5.74, 6) is -1.93. The number of nitrogens with one attached hydrogen (secondary N) is 2. The Kier molecular flexibility index (Phi) is 8.41. The van der Waals surface area contributed by atoms with Gasteiger partial charge in [0.05, 0.1) is 0 Å². The summed E-state index contributed by atoms with van der Waals surface area (Å²) in [7, 11) is 0. The standard InChI is InChI=1S/C12H20N2O6/c1-3-5-13-11(19)9(17)7(15)8(16)10(18)12(20)14-6-4-2/h3-4,7-10,15-18H,1-2,5-6H2,(H,13,19)(H,14,20)/t7-,8+,9+,10-. The van der Waals surface area contributed by atoms with E-state index in [0.717, 1.165) is 0 Å². The summed E-state index contributed by atoms with van der Waals surface area (Å²) in [6.07, 6.45) is -5.33. The second kappa shape index (κ2) is 9.21. The van der Waals surface area contributed by atoms with Gasteiger partial charge in [0.25, 0.3) is 11.8 Å². The number of aliphatic hydroxyl groups excluding tert-OH is 4. The fourth-order valence-electron chi connectivity index (χ4n) is 1.24. The minimum atomic E-state index is -2.02. The smallest absolute Gasteiger partial charge is 0.251 e. The Labute approximate surface area is 116 Å². The van der Waals surface area contributed by atoms with Crippen LogP contribution in [0.1, 0.15) is 0 Å². The molecule has 0 aromatic rings. The van der Waals surface area contributed by atoms with Crippen molar-refractivity contribution < 1.29 is 30.0 Å². The van der Waals surface area contributed by atoms with Crippen LogP contribution < -0.4 is 10.6 Å². The number of hydrogen-bond donors (Lipinski definition) is 6. The van der Waals surface area contributed by atoms with E-state index in [1.165, 1.54) is 12.2 Å². The van der Waals surface area contributed by atoms with Crippen LogP contribution >= 0.6 is 0 Å². The lowest BCUT2D eigenvalue weighted by Gasteiger charge is -2.25. The van der Waals surface area contributed by atoms with Crippen molar-refractivity contribution in [2.45, 2.75) is 24.4 Å². The van der Waals surface area contributed by atoms with Crippen LogP contribution in [0.15, 0.2) is 25.3 Å². The quantitative estimate of drug-likeness (QED) is 0.250. The van der Waals surface area contributed by atoms with Crippen LogP contribution in [0.3, 0.4) is 0 Å². The third-order valence-corrected chi connectivity index (χ3v) is 2.38. The van der Waals surface area contributed by atoms with Crippen molar-refractivity contribution in [1.29, 1.82) is 0 Å². The van der Waals surface area contributed by atoms with Crippen LogP contribution in [0.2, 0.25) is 0 Å². The lowest BCUT2D eigenvalue weighted by molar-refractivity contribution is -0.155. The van der Waals surface area contributed by atoms with Crippen molar-refractivity contribution in [1.82, 2.24) is 10.6 Å². The number of aliphatic hydroxyl groups is 4. The molecule has 0 bridgehead atoms. The molecule has 8 heteroatoms. The zero-order valence-electron chi connectivity index (χ0n) is 10.9. The fraction of sp³-hybridized carbons (Fsp3) is 0.500. The average Bonchev–Trinajstić information content (AvgIpc) is 2.46. The van der Waals surface area contributed by atoms with Gasteiger partial charge in [0.15, 0.2) is 12.2 Å². The van der Waals surface area contributed by atoms with Gasteiger partial charge in [-0.15, -0.1) is 13.2 Å². The predicted molar refractivity (Wildman–Crippen MR) is 70.4 cm³/mol. The van der Waals surface area contributed by atoms with Crippen molar-refractivity contribution in [2.75, 3.05) is 13.1 Å². The van der Waals surface area contributed by atoms with Gasteiger partial charge in [-0.1, -0.05) is 12.2 Å². The van der Waals surface area contributed by atoms with Crippen LogP contribution in [0.5, 0.6) is 0 Å². The normalized spacial score (nSPS) is 16.4. The van der Waals surface area contributed by atoms with Crippen LogP contribution in [0.4, 0.5) is 0 Å². The van der Waals surface area contributed by atoms with Gasteiger partial charge in [0.2, 0.25) is 0 Å². The first-order valence-electron chi connectivity index (χ1n) is 5.86. The number of hydrogen-bond acceptors (Lipinski definition) is 6. The highest BCUT2D eigenvalue weighted by atomic mass is 16.4. The van der Waals surface area contributed by atoms with Gasteiger partial charge in [-0.05, 0) is 0 Å². The maximum absolute atomic E-state index is 11.3. The third-order valence-electron chi connectivity index (χ3n) is 2.38. The molecule has 0 radical (unpaired) electrons. The zero-order chi connectivity index (χ0) is 15.7. The minimum Gasteiger partial charge on any atom is -0.387 e. The molecule has 2 amide bonds. The fourth-order valence-corrected chi connectivity index (χ4v) is 1.24. The first-order chi connectivity index (χ1) is 9.36. The number of amides is 2. The van der Waals surface area contributed by atoms with Crippen molar-refractivity contribution in [3.05, 3.63) is 25.3 Å². The van der Waals surface area contributed by atoms with Crippen LogP contribution in [-0.4, -0.2) is 69.7 Å². The Morgan fingerprint density at radius 2 is 1.15 bits per heavy atom. The molecular formula is C12H20N2O6. The lowest BCUT2D eigenvalue weighted by Crippen LogP contribution is -2.54. The SMILES string of the molecule is C=CCNC(=O)[C@@H](O)[C@H](O)[C@H](O)[C@@H](O)C(=O)NCC=C. The minimum absolute atomic E-state index is 0.0566. The lowest BCUT2D eigenvalue weighted by atomic mass is 10.0. The Bertz CT molecular complexity index is 326. The molecular weight excluding hydrogens is 268 g/mol. The Morgan fingerprint density at radius 3 is 1.40 bits per heavy atom. The Hall–Kier alpha value is -1.74. The summed E-state index contributed by atoms with van der Waals surface area (Å²) in [5, 5.41) is 42.5. The van der Waals surface area contributed by atoms with E-state index in [9.17, 15) is 30.0 Å². The predicted octanol–water partition coefficient (Wildman–Crippen LogP) is -2.97. The monoisotopic (exact) mass is 288 g/mol. The van der Waals surface area contributed by atoms with Gasteiger partial charge in [-0.2, -0.15) is 0 Å². The topological polar surface area (TPSA) is 139 Å². The van der Waals surface area contributed by atoms with Gasteiger partial charge in [-0.25, -0.2) is 0 Å². The summed E-state index contributed by atoms with van der Waals surface area (Å²) >= 11 is 0. The summed E-state index contributed by atoms with van der Waals surface area (Å²) in [5.41, 5.74) is 0. The van der Waals surface area contributed by atoms with Crippen molar-refractivity contribution >= 4 is 11.8 Å². The molecule has 0 saturated heterocycles. The summed E-state index contributed by atoms with van der Waals surface area (Å²) in [4.78, 5) is 22.7. The van der Waals surface area contributed by atoms with Gasteiger partial charge >= 0.3 is 0 Å². The second-order valence-electron chi connectivity index (χ2n) is 3.94. The second-order valence-corrected chi connectivity index (χ2v) is 3.94. The van der Waals surface area contributed by atoms with E-state index in [-0.39, 0.29) is 13.1 Å². The molecule has 0 unspecified atom stereocenters. The van der Waals surface area contributed by atoms with Crippen LogP contribution in [-0.2, 0) is 9.59 Å². The number of carbonyl (C=O) groups is 2. The molecule has 0 spiro atoms. The number of rotatable bonds is 9. The Balaban J connectivity index is 4.53. The average molecular weight is 288 g/mol. The van der Waals surface area contributed by atoms with E-state index in [0.29, 0.717) is 0 Å². The first kappa shape index (κ1) is 18.3. The van der Waals surface area contributed by atoms with E-state index >= 15 is 0 Å². The molecule has 0 saturated carbocycles. The van der Waals surface area contributed by atoms with Gasteiger partial charge in [0.1, 0.15) is 12.2 Å². The molecule has 114 valence electrons. The summed E-state index contributed by atoms with van der Waals surface area (Å²) < 4.78 is 0. The van der Waals surface area contributed by atoms with E-state index in [2.05, 4.69) is 23.8 Å². The molecule has 0 aliphatic heterocycles. The molecule has 4 atom stereocenters. The van der Waals surface area contributed by atoms with Gasteiger partial charge in [0, 0.05) is 13.1 Å². The third kappa shape index (κ3) is 5.49. The maximum atomic E-state index is 11.3. The molecule has 6 N–H and O–H groups in total. The summed E-state index contributed by atoms with van der Waals surface area (Å²) in [6, 6.07) is 0. The van der Waals surface area contributed by atoms with E-state index < -0.39 is 36.2 Å². The van der Waals surface area contributed by atoms with Crippen LogP contribution in [0.25, 0.3) is 0 Å². The number of carbonyl (C=O) groups excluding carboxylic acids is 2. The van der Waals surface area contributed by atoms with Crippen molar-refractivity contribution in [3.8, 4) is 0 Å². The molecule has 0 fully saturated rings. The largest absolute Gasteiger partial charge is 0.387 e. The Morgan fingerprint density at radius 1 is 0.850 bits per heavy atom. The molecule has 20 heavy (non-hydrogen) atoms. The van der Waals surface area contributed by atoms with Gasteiger partial charge in [-0.3, -0.25) is 9.59 Å². The molecule has 0 rings (SSSR count). The molecule has 8 nitrogen and oxygen atoms in total. The van der Waals surface area contributed by atoms with E-state index in [1.807, 2.05) is 0 Å². The molecule has 0 aromatic carbocycles. The van der Waals surface area contributed by atoms with Crippen molar-refractivity contribution in [3.63, 3.8) is 0 Å². The van der Waals surface area contributed by atoms with E-state index in [4.69, 9.17) is 0 Å². The highest BCUT2D eigenvalue weighted by Gasteiger charge is 2.37. The van der Waals surface area contributed by atoms with Crippen molar-refractivity contribution in [2.24, 2.45) is 0 Å².